The van der Waals surface area contributed by atoms with Gasteiger partial charge in [0.2, 0.25) is 0 Å². The van der Waals surface area contributed by atoms with Gasteiger partial charge in [-0.05, 0) is 53.8 Å². The zero-order valence-corrected chi connectivity index (χ0v) is 15.7. The van der Waals surface area contributed by atoms with E-state index < -0.39 is 23.6 Å². The number of ether oxygens (including phenoxy) is 1. The van der Waals surface area contributed by atoms with Gasteiger partial charge in [0.25, 0.3) is 5.91 Å². The highest BCUT2D eigenvalue weighted by Gasteiger charge is 2.18. The third-order valence-corrected chi connectivity index (χ3v) is 3.69. The van der Waals surface area contributed by atoms with Gasteiger partial charge in [0.15, 0.2) is 0 Å². The number of hydrogen-bond acceptors (Lipinski definition) is 6. The monoisotopic (exact) mass is 472 g/mol. The Labute approximate surface area is 161 Å². The van der Waals surface area contributed by atoms with Crippen molar-refractivity contribution < 1.29 is 23.5 Å². The maximum atomic E-state index is 14.0. The summed E-state index contributed by atoms with van der Waals surface area (Å²) in [5.74, 6) is -3.46. The van der Waals surface area contributed by atoms with Crippen LogP contribution in [0.5, 0.6) is 0 Å². The van der Waals surface area contributed by atoms with Crippen LogP contribution in [-0.4, -0.2) is 29.4 Å². The number of amides is 2. The van der Waals surface area contributed by atoms with Gasteiger partial charge in [-0.25, -0.2) is 9.18 Å². The van der Waals surface area contributed by atoms with E-state index in [1.165, 1.54) is 30.6 Å². The zero-order valence-electron chi connectivity index (χ0n) is 13.5. The van der Waals surface area contributed by atoms with Gasteiger partial charge < -0.3 is 10.1 Å². The fourth-order valence-corrected chi connectivity index (χ4v) is 2.31. The summed E-state index contributed by atoms with van der Waals surface area (Å²) in [7, 11) is 0. The van der Waals surface area contributed by atoms with Crippen molar-refractivity contribution in [3.8, 4) is 0 Å². The van der Waals surface area contributed by atoms with Crippen LogP contribution < -0.4 is 16.2 Å². The standard InChI is InChI=1S/C16H14FIN4O4/c1-2-26-16(25)15(24)22-21-14(23)10-5-6-19-8-13(10)20-12-4-3-9(18)7-11(12)17/h3-8,20H,2H2,1H3,(H,21,23)(H,22,24). The van der Waals surface area contributed by atoms with Crippen molar-refractivity contribution in [2.45, 2.75) is 6.92 Å². The van der Waals surface area contributed by atoms with Crippen LogP contribution >= 0.6 is 22.6 Å². The number of pyridine rings is 1. The number of nitrogens with zero attached hydrogens (tertiary/aromatic N) is 1. The molecule has 1 aromatic carbocycles. The molecule has 3 N–H and O–H groups in total. The Hall–Kier alpha value is -2.76. The van der Waals surface area contributed by atoms with E-state index in [1.807, 2.05) is 28.0 Å². The van der Waals surface area contributed by atoms with Crippen molar-refractivity contribution in [1.29, 1.82) is 0 Å². The minimum atomic E-state index is -1.12. The highest BCUT2D eigenvalue weighted by molar-refractivity contribution is 14.1. The molecule has 0 unspecified atom stereocenters. The third-order valence-electron chi connectivity index (χ3n) is 3.02. The number of carbonyl (C=O) groups is 3. The first-order chi connectivity index (χ1) is 12.4. The van der Waals surface area contributed by atoms with Gasteiger partial charge in [-0.2, -0.15) is 0 Å². The Bertz CT molecular complexity index is 847. The largest absolute Gasteiger partial charge is 0.459 e. The van der Waals surface area contributed by atoms with Crippen molar-refractivity contribution in [3.63, 3.8) is 0 Å². The molecule has 0 saturated heterocycles. The van der Waals surface area contributed by atoms with Crippen molar-refractivity contribution >= 4 is 51.7 Å². The third kappa shape index (κ3) is 5.12. The van der Waals surface area contributed by atoms with Gasteiger partial charge in [0, 0.05) is 9.77 Å². The van der Waals surface area contributed by atoms with Crippen LogP contribution in [0.3, 0.4) is 0 Å². The van der Waals surface area contributed by atoms with E-state index in [0.29, 0.717) is 0 Å². The predicted molar refractivity (Wildman–Crippen MR) is 98.9 cm³/mol. The van der Waals surface area contributed by atoms with Crippen LogP contribution in [0.1, 0.15) is 17.3 Å². The van der Waals surface area contributed by atoms with E-state index in [1.54, 1.807) is 13.0 Å². The molecule has 1 heterocycles. The summed E-state index contributed by atoms with van der Waals surface area (Å²) >= 11 is 1.98. The molecule has 2 aromatic rings. The Balaban J connectivity index is 2.11. The Morgan fingerprint density at radius 2 is 1.96 bits per heavy atom. The van der Waals surface area contributed by atoms with E-state index in [4.69, 9.17) is 0 Å². The second-order valence-electron chi connectivity index (χ2n) is 4.80. The van der Waals surface area contributed by atoms with Crippen LogP contribution in [0.2, 0.25) is 0 Å². The molecule has 0 radical (unpaired) electrons. The van der Waals surface area contributed by atoms with E-state index in [2.05, 4.69) is 20.5 Å². The second kappa shape index (κ2) is 9.08. The maximum absolute atomic E-state index is 14.0. The molecule has 10 heteroatoms. The molecule has 136 valence electrons. The second-order valence-corrected chi connectivity index (χ2v) is 6.04. The lowest BCUT2D eigenvalue weighted by Crippen LogP contribution is -2.45. The van der Waals surface area contributed by atoms with E-state index in [-0.39, 0.29) is 23.5 Å². The molecule has 0 aliphatic rings. The van der Waals surface area contributed by atoms with Gasteiger partial charge >= 0.3 is 11.9 Å². The van der Waals surface area contributed by atoms with Crippen LogP contribution in [-0.2, 0) is 14.3 Å². The highest BCUT2D eigenvalue weighted by atomic mass is 127. The molecule has 8 nitrogen and oxygen atoms in total. The molecular weight excluding hydrogens is 458 g/mol. The quantitative estimate of drug-likeness (QED) is 0.272. The SMILES string of the molecule is CCOC(=O)C(=O)NNC(=O)c1ccncc1Nc1ccc(I)cc1F. The van der Waals surface area contributed by atoms with Gasteiger partial charge in [0.1, 0.15) is 5.82 Å². The predicted octanol–water partition coefficient (Wildman–Crippen LogP) is 1.89. The van der Waals surface area contributed by atoms with E-state index in [0.717, 1.165) is 3.57 Å². The number of benzene rings is 1. The smallest absolute Gasteiger partial charge is 0.398 e. The van der Waals surface area contributed by atoms with Crippen molar-refractivity contribution in [1.82, 2.24) is 15.8 Å². The normalized spacial score (nSPS) is 9.96. The molecule has 1 aromatic heterocycles. The van der Waals surface area contributed by atoms with Crippen molar-refractivity contribution in [2.24, 2.45) is 0 Å². The van der Waals surface area contributed by atoms with Gasteiger partial charge in [-0.3, -0.25) is 25.4 Å². The number of esters is 1. The Morgan fingerprint density at radius 3 is 2.65 bits per heavy atom. The molecule has 0 fully saturated rings. The summed E-state index contributed by atoms with van der Waals surface area (Å²) < 4.78 is 19.2. The lowest BCUT2D eigenvalue weighted by atomic mass is 10.2. The number of hydrazine groups is 1. The van der Waals surface area contributed by atoms with Gasteiger partial charge in [-0.15, -0.1) is 0 Å². The molecule has 2 amide bonds. The van der Waals surface area contributed by atoms with E-state index >= 15 is 0 Å². The Kier molecular flexibility index (Phi) is 6.83. The summed E-state index contributed by atoms with van der Waals surface area (Å²) in [5, 5.41) is 2.77. The molecular formula is C16H14FIN4O4. The maximum Gasteiger partial charge on any atom is 0.398 e. The van der Waals surface area contributed by atoms with Gasteiger partial charge in [0.05, 0.1) is 29.7 Å². The summed E-state index contributed by atoms with van der Waals surface area (Å²) in [4.78, 5) is 38.8. The first-order valence-corrected chi connectivity index (χ1v) is 8.43. The average Bonchev–Trinajstić information content (AvgIpc) is 2.62. The fourth-order valence-electron chi connectivity index (χ4n) is 1.86. The topological polar surface area (TPSA) is 109 Å². The average molecular weight is 472 g/mol. The molecule has 0 spiro atoms. The van der Waals surface area contributed by atoms with Crippen LogP contribution in [0.4, 0.5) is 15.8 Å². The number of hydrogen-bond donors (Lipinski definition) is 3. The number of aromatic nitrogens is 1. The zero-order chi connectivity index (χ0) is 19.1. The number of nitrogens with one attached hydrogen (secondary N) is 3. The molecule has 26 heavy (non-hydrogen) atoms. The summed E-state index contributed by atoms with van der Waals surface area (Å²) in [6.45, 7) is 1.57. The van der Waals surface area contributed by atoms with Crippen molar-refractivity contribution in [3.05, 3.63) is 51.6 Å². The summed E-state index contributed by atoms with van der Waals surface area (Å²) in [6.07, 6.45) is 2.69. The molecule has 0 atom stereocenters. The summed E-state index contributed by atoms with van der Waals surface area (Å²) in [5.41, 5.74) is 4.48. The lowest BCUT2D eigenvalue weighted by Gasteiger charge is -2.12. The number of carbonyl (C=O) groups excluding carboxylic acids is 3. The first-order valence-electron chi connectivity index (χ1n) is 7.36. The van der Waals surface area contributed by atoms with Crippen LogP contribution in [0.25, 0.3) is 0 Å². The minimum Gasteiger partial charge on any atom is -0.459 e. The number of rotatable bonds is 4. The molecule has 0 aliphatic heterocycles. The molecule has 0 bridgehead atoms. The minimum absolute atomic E-state index is 0.0280. The molecule has 0 saturated carbocycles. The first kappa shape index (κ1) is 19.6. The Morgan fingerprint density at radius 1 is 1.19 bits per heavy atom. The van der Waals surface area contributed by atoms with Crippen LogP contribution in [0, 0.1) is 9.39 Å². The van der Waals surface area contributed by atoms with E-state index in [9.17, 15) is 18.8 Å². The van der Waals surface area contributed by atoms with Gasteiger partial charge in [-0.1, -0.05) is 0 Å². The lowest BCUT2D eigenvalue weighted by molar-refractivity contribution is -0.154. The summed E-state index contributed by atoms with van der Waals surface area (Å²) in [6, 6.07) is 5.92. The fraction of sp³-hybridized carbons (Fsp3) is 0.125. The number of halogens is 2. The van der Waals surface area contributed by atoms with Crippen molar-refractivity contribution in [2.75, 3.05) is 11.9 Å². The molecule has 2 rings (SSSR count). The highest BCUT2D eigenvalue weighted by Crippen LogP contribution is 2.23. The van der Waals surface area contributed by atoms with Crippen LogP contribution in [0.15, 0.2) is 36.7 Å². The number of anilines is 2. The molecule has 0 aliphatic carbocycles.